The van der Waals surface area contributed by atoms with Crippen molar-refractivity contribution in [3.05, 3.63) is 54.1 Å². The van der Waals surface area contributed by atoms with Crippen molar-refractivity contribution in [3.8, 4) is 5.75 Å². The standard InChI is InChI=1S/C21H24N4O4/c1-22-19(27)15-5-4-6-16(13-15)23-21(29)25-11-9-14(10-12-25)20(28)24-17-7-2-3-8-18(17)26/h2-8,13-14,26H,9-12H2,1H3,(H,22,27)(H,23,29)(H,24,28). The van der Waals surface area contributed by atoms with Crippen LogP contribution in [0.2, 0.25) is 0 Å². The van der Waals surface area contributed by atoms with Crippen LogP contribution >= 0.6 is 0 Å². The van der Waals surface area contributed by atoms with E-state index in [2.05, 4.69) is 16.0 Å². The molecule has 1 aliphatic heterocycles. The zero-order valence-corrected chi connectivity index (χ0v) is 16.1. The highest BCUT2D eigenvalue weighted by Gasteiger charge is 2.27. The summed E-state index contributed by atoms with van der Waals surface area (Å²) >= 11 is 0. The molecule has 0 bridgehead atoms. The van der Waals surface area contributed by atoms with Crippen molar-refractivity contribution in [2.75, 3.05) is 30.8 Å². The van der Waals surface area contributed by atoms with Crippen molar-refractivity contribution < 1.29 is 19.5 Å². The highest BCUT2D eigenvalue weighted by Crippen LogP contribution is 2.25. The van der Waals surface area contributed by atoms with Gasteiger partial charge in [0.15, 0.2) is 0 Å². The van der Waals surface area contributed by atoms with Crippen LogP contribution in [0.4, 0.5) is 16.2 Å². The lowest BCUT2D eigenvalue weighted by Gasteiger charge is -2.31. The van der Waals surface area contributed by atoms with Crippen LogP contribution in [0.25, 0.3) is 0 Å². The quantitative estimate of drug-likeness (QED) is 0.596. The van der Waals surface area contributed by atoms with Gasteiger partial charge < -0.3 is 26.0 Å². The predicted octanol–water partition coefficient (Wildman–Crippen LogP) is 2.63. The van der Waals surface area contributed by atoms with Crippen molar-refractivity contribution >= 4 is 29.2 Å². The number of carbonyl (C=O) groups excluding carboxylic acids is 3. The number of phenolic OH excluding ortho intramolecular Hbond substituents is 1. The summed E-state index contributed by atoms with van der Waals surface area (Å²) in [6, 6.07) is 13.0. The van der Waals surface area contributed by atoms with Gasteiger partial charge >= 0.3 is 6.03 Å². The Morgan fingerprint density at radius 2 is 1.72 bits per heavy atom. The smallest absolute Gasteiger partial charge is 0.321 e. The maximum Gasteiger partial charge on any atom is 0.321 e. The average Bonchev–Trinajstić information content (AvgIpc) is 2.75. The minimum atomic E-state index is -0.265. The average molecular weight is 396 g/mol. The lowest BCUT2D eigenvalue weighted by atomic mass is 9.96. The molecule has 2 aromatic carbocycles. The van der Waals surface area contributed by atoms with Crippen molar-refractivity contribution in [1.82, 2.24) is 10.2 Å². The van der Waals surface area contributed by atoms with Gasteiger partial charge in [0.1, 0.15) is 5.75 Å². The number of amides is 4. The van der Waals surface area contributed by atoms with E-state index in [9.17, 15) is 19.5 Å². The van der Waals surface area contributed by atoms with Crippen LogP contribution in [0.1, 0.15) is 23.2 Å². The van der Waals surface area contributed by atoms with Gasteiger partial charge in [0.05, 0.1) is 5.69 Å². The van der Waals surface area contributed by atoms with Crippen LogP contribution in [0, 0.1) is 5.92 Å². The minimum Gasteiger partial charge on any atom is -0.506 e. The van der Waals surface area contributed by atoms with Gasteiger partial charge in [-0.15, -0.1) is 0 Å². The fourth-order valence-electron chi connectivity index (χ4n) is 3.24. The molecular weight excluding hydrogens is 372 g/mol. The van der Waals surface area contributed by atoms with Gasteiger partial charge in [-0.25, -0.2) is 4.79 Å². The Bertz CT molecular complexity index is 907. The molecule has 3 rings (SSSR count). The largest absolute Gasteiger partial charge is 0.506 e. The number of carbonyl (C=O) groups is 3. The second-order valence-electron chi connectivity index (χ2n) is 6.86. The molecule has 0 aliphatic carbocycles. The Balaban J connectivity index is 1.52. The van der Waals surface area contributed by atoms with E-state index in [4.69, 9.17) is 0 Å². The number of likely N-dealkylation sites (tertiary alicyclic amines) is 1. The van der Waals surface area contributed by atoms with Gasteiger partial charge in [-0.05, 0) is 43.2 Å². The number of phenols is 1. The number of aromatic hydroxyl groups is 1. The molecule has 4 N–H and O–H groups in total. The number of benzene rings is 2. The van der Waals surface area contributed by atoms with Gasteiger partial charge in [0.25, 0.3) is 5.91 Å². The Labute approximate surface area is 168 Å². The molecule has 0 saturated carbocycles. The predicted molar refractivity (Wildman–Crippen MR) is 110 cm³/mol. The van der Waals surface area contributed by atoms with Crippen LogP contribution in [0.5, 0.6) is 5.75 Å². The van der Waals surface area contributed by atoms with Crippen LogP contribution in [-0.4, -0.2) is 48.0 Å². The Kier molecular flexibility index (Phi) is 6.33. The molecule has 2 aromatic rings. The molecule has 1 fully saturated rings. The topological polar surface area (TPSA) is 111 Å². The molecule has 0 unspecified atom stereocenters. The fraction of sp³-hybridized carbons (Fsp3) is 0.286. The molecule has 1 heterocycles. The van der Waals surface area contributed by atoms with Gasteiger partial charge in [-0.1, -0.05) is 18.2 Å². The number of piperidine rings is 1. The van der Waals surface area contributed by atoms with Gasteiger partial charge in [0.2, 0.25) is 5.91 Å². The summed E-state index contributed by atoms with van der Waals surface area (Å²) in [6.45, 7) is 0.889. The SMILES string of the molecule is CNC(=O)c1cccc(NC(=O)N2CCC(C(=O)Nc3ccccc3O)CC2)c1. The van der Waals surface area contributed by atoms with Crippen LogP contribution in [0.3, 0.4) is 0 Å². The zero-order chi connectivity index (χ0) is 20.8. The Hall–Kier alpha value is -3.55. The lowest BCUT2D eigenvalue weighted by Crippen LogP contribution is -2.43. The maximum atomic E-state index is 12.5. The third kappa shape index (κ3) is 5.04. The lowest BCUT2D eigenvalue weighted by molar-refractivity contribution is -0.121. The summed E-state index contributed by atoms with van der Waals surface area (Å²) in [5.41, 5.74) is 1.38. The third-order valence-corrected chi connectivity index (χ3v) is 4.92. The minimum absolute atomic E-state index is 0.0247. The molecule has 4 amide bonds. The molecule has 152 valence electrons. The Morgan fingerprint density at radius 1 is 1.00 bits per heavy atom. The normalized spacial score (nSPS) is 14.2. The van der Waals surface area contributed by atoms with E-state index < -0.39 is 0 Å². The number of para-hydroxylation sites is 2. The number of nitrogens with one attached hydrogen (secondary N) is 3. The van der Waals surface area contributed by atoms with E-state index in [-0.39, 0.29) is 29.5 Å². The van der Waals surface area contributed by atoms with Crippen molar-refractivity contribution in [1.29, 1.82) is 0 Å². The molecule has 0 spiro atoms. The van der Waals surface area contributed by atoms with E-state index >= 15 is 0 Å². The number of rotatable bonds is 4. The fourth-order valence-corrected chi connectivity index (χ4v) is 3.24. The first-order chi connectivity index (χ1) is 14.0. The molecule has 0 aromatic heterocycles. The summed E-state index contributed by atoms with van der Waals surface area (Å²) in [5.74, 6) is -0.589. The van der Waals surface area contributed by atoms with E-state index in [1.54, 1.807) is 54.4 Å². The van der Waals surface area contributed by atoms with Crippen LogP contribution < -0.4 is 16.0 Å². The molecule has 0 atom stereocenters. The molecule has 8 nitrogen and oxygen atoms in total. The number of urea groups is 1. The Morgan fingerprint density at radius 3 is 2.41 bits per heavy atom. The molecule has 1 aliphatic rings. The zero-order valence-electron chi connectivity index (χ0n) is 16.1. The second-order valence-corrected chi connectivity index (χ2v) is 6.86. The number of hydrogen-bond donors (Lipinski definition) is 4. The molecule has 0 radical (unpaired) electrons. The van der Waals surface area contributed by atoms with Crippen molar-refractivity contribution in [2.24, 2.45) is 5.92 Å². The maximum absolute atomic E-state index is 12.5. The van der Waals surface area contributed by atoms with Crippen LogP contribution in [-0.2, 0) is 4.79 Å². The van der Waals surface area contributed by atoms with Gasteiger partial charge in [-0.3, -0.25) is 9.59 Å². The first-order valence-electron chi connectivity index (χ1n) is 9.45. The first-order valence-corrected chi connectivity index (χ1v) is 9.45. The van der Waals surface area contributed by atoms with Gasteiger partial charge in [0, 0.05) is 37.3 Å². The summed E-state index contributed by atoms with van der Waals surface area (Å²) in [5, 5.41) is 17.9. The summed E-state index contributed by atoms with van der Waals surface area (Å²) in [7, 11) is 1.55. The van der Waals surface area contributed by atoms with Crippen molar-refractivity contribution in [2.45, 2.75) is 12.8 Å². The second kappa shape index (κ2) is 9.09. The molecule has 1 saturated heterocycles. The highest BCUT2D eigenvalue weighted by molar-refractivity contribution is 5.97. The third-order valence-electron chi connectivity index (χ3n) is 4.92. The highest BCUT2D eigenvalue weighted by atomic mass is 16.3. The monoisotopic (exact) mass is 396 g/mol. The van der Waals surface area contributed by atoms with Crippen molar-refractivity contribution in [3.63, 3.8) is 0 Å². The molecular formula is C21H24N4O4. The van der Waals surface area contributed by atoms with E-state index in [0.717, 1.165) is 0 Å². The molecule has 8 heteroatoms. The van der Waals surface area contributed by atoms with E-state index in [1.807, 2.05) is 0 Å². The summed E-state index contributed by atoms with van der Waals surface area (Å²) in [6.07, 6.45) is 1.07. The number of hydrogen-bond acceptors (Lipinski definition) is 4. The van der Waals surface area contributed by atoms with E-state index in [0.29, 0.717) is 42.9 Å². The number of nitrogens with zero attached hydrogens (tertiary/aromatic N) is 1. The summed E-state index contributed by atoms with van der Waals surface area (Å²) < 4.78 is 0. The van der Waals surface area contributed by atoms with Gasteiger partial charge in [-0.2, -0.15) is 0 Å². The van der Waals surface area contributed by atoms with Crippen LogP contribution in [0.15, 0.2) is 48.5 Å². The first kappa shape index (κ1) is 20.2. The molecule has 29 heavy (non-hydrogen) atoms. The number of anilines is 2. The summed E-state index contributed by atoms with van der Waals surface area (Å²) in [4.78, 5) is 38.3. The van der Waals surface area contributed by atoms with E-state index in [1.165, 1.54) is 6.07 Å².